The fraction of sp³-hybridized carbons (Fsp3) is 0.184. The van der Waals surface area contributed by atoms with Crippen molar-refractivity contribution in [2.45, 2.75) is 30.6 Å². The summed E-state index contributed by atoms with van der Waals surface area (Å²) < 4.78 is 54.0. The van der Waals surface area contributed by atoms with Crippen molar-refractivity contribution in [2.75, 3.05) is 21.3 Å². The van der Waals surface area contributed by atoms with Gasteiger partial charge in [0.05, 0.1) is 38.6 Å². The zero-order valence-corrected chi connectivity index (χ0v) is 27.1. The van der Waals surface area contributed by atoms with Crippen molar-refractivity contribution in [1.82, 2.24) is 0 Å². The monoisotopic (exact) mass is 650 g/mol. The highest BCUT2D eigenvalue weighted by Crippen LogP contribution is 2.49. The second-order valence-electron chi connectivity index (χ2n) is 11.0. The molecule has 1 aliphatic carbocycles. The Morgan fingerprint density at radius 1 is 0.745 bits per heavy atom. The van der Waals surface area contributed by atoms with Crippen LogP contribution < -0.4 is 24.6 Å². The molecule has 0 saturated carbocycles. The summed E-state index contributed by atoms with van der Waals surface area (Å²) in [5.41, 5.74) is 6.29. The molecule has 0 radical (unpaired) electrons. The molecular formula is C38H34O8S. The Labute approximate surface area is 273 Å². The quantitative estimate of drug-likeness (QED) is 0.143. The van der Waals surface area contributed by atoms with Crippen molar-refractivity contribution < 1.29 is 31.8 Å². The van der Waals surface area contributed by atoms with Gasteiger partial charge in [0.25, 0.3) is 0 Å². The molecule has 1 aromatic heterocycles. The topological polar surface area (TPSA) is 101 Å². The van der Waals surface area contributed by atoms with Gasteiger partial charge in [0, 0.05) is 22.6 Å². The molecule has 0 unspecified atom stereocenters. The molecule has 0 bridgehead atoms. The Balaban J connectivity index is 1.42. The number of hydrogen-bond donors (Lipinski definition) is 0. The smallest absolute Gasteiger partial charge is 0.339 e. The standard InChI is InChI=1S/C38H34O8S/c1-42-28-15-16-31(26(21-28)9-7-8-20-47(40,41)30-10-5-4-6-11-30)33-24-32-27(22-35(33)44-3)13-12-25-14-17-34(43-2)38(37(25)32)46-29-18-19-45-36(39)23-29/h4-6,8,10-11,14-24H,7,9,12-13H2,1-3H3/b20-8+. The first-order valence-corrected chi connectivity index (χ1v) is 16.7. The summed E-state index contributed by atoms with van der Waals surface area (Å²) in [6, 6.07) is 25.2. The van der Waals surface area contributed by atoms with Crippen LogP contribution in [-0.4, -0.2) is 29.7 Å². The van der Waals surface area contributed by atoms with Crippen LogP contribution in [0.25, 0.3) is 22.3 Å². The van der Waals surface area contributed by atoms with Crippen LogP contribution in [0.15, 0.2) is 117 Å². The van der Waals surface area contributed by atoms with Gasteiger partial charge < -0.3 is 23.4 Å². The highest BCUT2D eigenvalue weighted by atomic mass is 32.2. The second kappa shape index (κ2) is 13.6. The predicted molar refractivity (Wildman–Crippen MR) is 181 cm³/mol. The molecule has 0 fully saturated rings. The third kappa shape index (κ3) is 6.66. The maximum atomic E-state index is 12.8. The van der Waals surface area contributed by atoms with Gasteiger partial charge in [-0.2, -0.15) is 0 Å². The number of benzene rings is 4. The van der Waals surface area contributed by atoms with Gasteiger partial charge in [0.1, 0.15) is 17.2 Å². The van der Waals surface area contributed by atoms with Crippen molar-refractivity contribution in [2.24, 2.45) is 0 Å². The van der Waals surface area contributed by atoms with Gasteiger partial charge in [0.15, 0.2) is 21.3 Å². The molecule has 47 heavy (non-hydrogen) atoms. The summed E-state index contributed by atoms with van der Waals surface area (Å²) in [5.74, 6) is 2.79. The molecule has 0 spiro atoms. The number of sulfone groups is 1. The number of ether oxygens (including phenoxy) is 4. The number of aryl methyl sites for hydroxylation is 3. The lowest BCUT2D eigenvalue weighted by atomic mass is 9.82. The lowest BCUT2D eigenvalue weighted by molar-refractivity contribution is 0.376. The SMILES string of the molecule is COc1ccc(-c2cc3c(cc2OC)CCc2ccc(OC)c(Oc4ccoc(=O)c4)c2-3)c(CC/C=C/S(=O)(=O)c2ccccc2)c1. The van der Waals surface area contributed by atoms with Crippen LogP contribution in [0.1, 0.15) is 23.1 Å². The van der Waals surface area contributed by atoms with Crippen molar-refractivity contribution in [3.63, 3.8) is 0 Å². The zero-order chi connectivity index (χ0) is 33.0. The van der Waals surface area contributed by atoms with Crippen LogP contribution in [0.5, 0.6) is 28.7 Å². The van der Waals surface area contributed by atoms with E-state index in [1.54, 1.807) is 63.8 Å². The Bertz CT molecular complexity index is 2110. The molecule has 4 aromatic carbocycles. The van der Waals surface area contributed by atoms with Crippen LogP contribution in [0, 0.1) is 0 Å². The molecular weight excluding hydrogens is 616 g/mol. The molecule has 1 aliphatic rings. The van der Waals surface area contributed by atoms with E-state index in [0.717, 1.165) is 51.8 Å². The van der Waals surface area contributed by atoms with Gasteiger partial charge in [-0.1, -0.05) is 36.4 Å². The van der Waals surface area contributed by atoms with E-state index in [2.05, 4.69) is 12.1 Å². The van der Waals surface area contributed by atoms with E-state index in [9.17, 15) is 13.2 Å². The number of allylic oxidation sites excluding steroid dienone is 1. The Morgan fingerprint density at radius 3 is 2.28 bits per heavy atom. The molecule has 1 heterocycles. The van der Waals surface area contributed by atoms with Gasteiger partial charge in [-0.3, -0.25) is 0 Å². The zero-order valence-electron chi connectivity index (χ0n) is 26.3. The van der Waals surface area contributed by atoms with Crippen molar-refractivity contribution in [1.29, 1.82) is 0 Å². The molecule has 0 N–H and O–H groups in total. The molecule has 6 rings (SSSR count). The van der Waals surface area contributed by atoms with Gasteiger partial charge in [0.2, 0.25) is 0 Å². The summed E-state index contributed by atoms with van der Waals surface area (Å²) in [7, 11) is 1.31. The second-order valence-corrected chi connectivity index (χ2v) is 12.9. The van der Waals surface area contributed by atoms with Gasteiger partial charge >= 0.3 is 5.63 Å². The minimum absolute atomic E-state index is 0.258. The van der Waals surface area contributed by atoms with E-state index in [4.69, 9.17) is 23.4 Å². The van der Waals surface area contributed by atoms with Crippen LogP contribution in [0.4, 0.5) is 0 Å². The van der Waals surface area contributed by atoms with Gasteiger partial charge in [-0.25, -0.2) is 13.2 Å². The molecule has 5 aromatic rings. The van der Waals surface area contributed by atoms with E-state index >= 15 is 0 Å². The highest BCUT2D eigenvalue weighted by molar-refractivity contribution is 7.94. The van der Waals surface area contributed by atoms with Crippen LogP contribution in [-0.2, 0) is 29.1 Å². The number of rotatable bonds is 11. The first-order valence-electron chi connectivity index (χ1n) is 15.1. The highest BCUT2D eigenvalue weighted by Gasteiger charge is 2.26. The first-order chi connectivity index (χ1) is 22.8. The molecule has 0 aliphatic heterocycles. The Hall–Kier alpha value is -5.28. The average Bonchev–Trinajstić information content (AvgIpc) is 3.09. The van der Waals surface area contributed by atoms with Crippen LogP contribution >= 0.6 is 0 Å². The molecule has 240 valence electrons. The largest absolute Gasteiger partial charge is 0.497 e. The molecule has 9 heteroatoms. The van der Waals surface area contributed by atoms with Crippen LogP contribution in [0.2, 0.25) is 0 Å². The minimum atomic E-state index is -3.54. The molecule has 0 saturated heterocycles. The van der Waals surface area contributed by atoms with Crippen molar-refractivity contribution in [3.8, 4) is 51.0 Å². The number of hydrogen-bond acceptors (Lipinski definition) is 8. The summed E-state index contributed by atoms with van der Waals surface area (Å²) in [6.07, 6.45) is 5.62. The lowest BCUT2D eigenvalue weighted by Crippen LogP contribution is -2.08. The van der Waals surface area contributed by atoms with E-state index in [0.29, 0.717) is 41.6 Å². The number of methoxy groups -OCH3 is 3. The Kier molecular flexibility index (Phi) is 9.17. The maximum absolute atomic E-state index is 12.8. The van der Waals surface area contributed by atoms with E-state index in [1.165, 1.54) is 17.7 Å². The average molecular weight is 651 g/mol. The summed E-state index contributed by atoms with van der Waals surface area (Å²) in [6.45, 7) is 0. The van der Waals surface area contributed by atoms with Gasteiger partial charge in [-0.05, 0) is 96.0 Å². The minimum Gasteiger partial charge on any atom is -0.497 e. The molecule has 8 nitrogen and oxygen atoms in total. The summed E-state index contributed by atoms with van der Waals surface area (Å²) in [4.78, 5) is 12.2. The van der Waals surface area contributed by atoms with E-state index < -0.39 is 15.5 Å². The van der Waals surface area contributed by atoms with Gasteiger partial charge in [-0.15, -0.1) is 0 Å². The van der Waals surface area contributed by atoms with E-state index in [-0.39, 0.29) is 4.90 Å². The fourth-order valence-corrected chi connectivity index (χ4v) is 7.00. The Morgan fingerprint density at radius 2 is 1.53 bits per heavy atom. The third-order valence-corrected chi connectivity index (χ3v) is 9.69. The summed E-state index contributed by atoms with van der Waals surface area (Å²) >= 11 is 0. The first kappa shape index (κ1) is 31.7. The maximum Gasteiger partial charge on any atom is 0.339 e. The fourth-order valence-electron chi connectivity index (χ4n) is 5.92. The van der Waals surface area contributed by atoms with E-state index in [1.807, 2.05) is 30.3 Å². The molecule has 0 atom stereocenters. The summed E-state index contributed by atoms with van der Waals surface area (Å²) in [5, 5.41) is 1.27. The lowest BCUT2D eigenvalue weighted by Gasteiger charge is -2.26. The van der Waals surface area contributed by atoms with Crippen molar-refractivity contribution >= 4 is 9.84 Å². The predicted octanol–water partition coefficient (Wildman–Crippen LogP) is 7.81. The van der Waals surface area contributed by atoms with Crippen LogP contribution in [0.3, 0.4) is 0 Å². The number of fused-ring (bicyclic) bond motifs is 3. The van der Waals surface area contributed by atoms with Crippen molar-refractivity contribution in [3.05, 3.63) is 130 Å². The molecule has 0 amide bonds. The normalized spacial score (nSPS) is 12.3. The third-order valence-electron chi connectivity index (χ3n) is 8.21.